The third-order valence-electron chi connectivity index (χ3n) is 3.19. The molecule has 0 fully saturated rings. The van der Waals surface area contributed by atoms with Crippen LogP contribution in [0.25, 0.3) is 11.3 Å². The van der Waals surface area contributed by atoms with Crippen molar-refractivity contribution in [1.29, 1.82) is 0 Å². The number of nitrogens with zero attached hydrogens (tertiary/aromatic N) is 1. The minimum absolute atomic E-state index is 0.732. The maximum absolute atomic E-state index is 5.59. The lowest BCUT2D eigenvalue weighted by atomic mass is 9.96. The van der Waals surface area contributed by atoms with E-state index >= 15 is 0 Å². The van der Waals surface area contributed by atoms with E-state index in [1.165, 1.54) is 23.7 Å². The van der Waals surface area contributed by atoms with Gasteiger partial charge >= 0.3 is 0 Å². The highest BCUT2D eigenvalue weighted by Gasteiger charge is 2.13. The summed E-state index contributed by atoms with van der Waals surface area (Å²) >= 11 is 0. The molecule has 3 heteroatoms. The molecule has 0 saturated heterocycles. The van der Waals surface area contributed by atoms with Crippen molar-refractivity contribution in [2.24, 2.45) is 5.73 Å². The fourth-order valence-corrected chi connectivity index (χ4v) is 2.36. The van der Waals surface area contributed by atoms with Gasteiger partial charge in [0.05, 0.1) is 12.3 Å². The number of pyridine rings is 1. The molecule has 2 heterocycles. The van der Waals surface area contributed by atoms with Gasteiger partial charge in [0.2, 0.25) is 0 Å². The highest BCUT2D eigenvalue weighted by Crippen LogP contribution is 2.27. The number of nitrogens with two attached hydrogens (primary N) is 1. The van der Waals surface area contributed by atoms with Crippen LogP contribution in [0.1, 0.15) is 17.5 Å². The van der Waals surface area contributed by atoms with Gasteiger partial charge < -0.3 is 10.5 Å². The molecule has 1 aliphatic rings. The van der Waals surface area contributed by atoms with Gasteiger partial charge in [-0.15, -0.1) is 0 Å². The minimum atomic E-state index is 0.732. The van der Waals surface area contributed by atoms with Gasteiger partial charge in [0, 0.05) is 18.4 Å². The first-order valence-corrected chi connectivity index (χ1v) is 6.63. The average Bonchev–Trinajstić information content (AvgIpc) is 2.75. The molecule has 0 spiro atoms. The molecule has 0 amide bonds. The predicted octanol–water partition coefficient (Wildman–Crippen LogP) is 2.79. The zero-order valence-corrected chi connectivity index (χ0v) is 11.3. The predicted molar refractivity (Wildman–Crippen MR) is 77.8 cm³/mol. The van der Waals surface area contributed by atoms with Crippen LogP contribution in [0.3, 0.4) is 0 Å². The summed E-state index contributed by atoms with van der Waals surface area (Å²) in [6.45, 7) is 1.59. The fraction of sp³-hybridized carbons (Fsp3) is 0.312. The van der Waals surface area contributed by atoms with Gasteiger partial charge in [-0.05, 0) is 43.1 Å². The monoisotopic (exact) mass is 256 g/mol. The Morgan fingerprint density at radius 2 is 2.00 bits per heavy atom. The molecule has 19 heavy (non-hydrogen) atoms. The highest BCUT2D eigenvalue weighted by atomic mass is 16.5. The molecule has 1 aliphatic heterocycles. The second kappa shape index (κ2) is 7.02. The molecular formula is C16H20N2O. The summed E-state index contributed by atoms with van der Waals surface area (Å²) < 4.78 is 5.59. The largest absolute Gasteiger partial charge is 0.377 e. The van der Waals surface area contributed by atoms with Gasteiger partial charge in [-0.25, -0.2) is 0 Å². The van der Waals surface area contributed by atoms with Crippen molar-refractivity contribution in [2.75, 3.05) is 13.7 Å². The Labute approximate surface area is 114 Å². The van der Waals surface area contributed by atoms with Crippen LogP contribution in [0.15, 0.2) is 42.6 Å². The Balaban J connectivity index is 0.000000637. The van der Waals surface area contributed by atoms with Crippen molar-refractivity contribution in [2.45, 2.75) is 19.4 Å². The Hall–Kier alpha value is -1.71. The topological polar surface area (TPSA) is 48.1 Å². The van der Waals surface area contributed by atoms with E-state index in [0.29, 0.717) is 0 Å². The van der Waals surface area contributed by atoms with E-state index in [2.05, 4.69) is 35.0 Å². The van der Waals surface area contributed by atoms with E-state index < -0.39 is 0 Å². The van der Waals surface area contributed by atoms with E-state index in [1.807, 2.05) is 18.3 Å². The maximum atomic E-state index is 5.59. The minimum Gasteiger partial charge on any atom is -0.377 e. The third-order valence-corrected chi connectivity index (χ3v) is 3.19. The molecule has 0 bridgehead atoms. The van der Waals surface area contributed by atoms with Crippen LogP contribution < -0.4 is 5.73 Å². The van der Waals surface area contributed by atoms with Crippen LogP contribution in [0.4, 0.5) is 0 Å². The summed E-state index contributed by atoms with van der Waals surface area (Å²) in [7, 11) is 1.50. The lowest BCUT2D eigenvalue weighted by Crippen LogP contribution is -1.96. The molecular weight excluding hydrogens is 236 g/mol. The van der Waals surface area contributed by atoms with E-state index in [4.69, 9.17) is 4.74 Å². The summed E-state index contributed by atoms with van der Waals surface area (Å²) in [5.74, 6) is 0. The van der Waals surface area contributed by atoms with Gasteiger partial charge in [0.25, 0.3) is 0 Å². The van der Waals surface area contributed by atoms with Crippen molar-refractivity contribution in [3.8, 4) is 11.3 Å². The van der Waals surface area contributed by atoms with Gasteiger partial charge in [0.15, 0.2) is 0 Å². The Bertz CT molecular complexity index is 511. The first kappa shape index (κ1) is 13.7. The Kier molecular flexibility index (Phi) is 5.07. The van der Waals surface area contributed by atoms with E-state index in [0.717, 1.165) is 31.7 Å². The van der Waals surface area contributed by atoms with Crippen molar-refractivity contribution in [3.63, 3.8) is 0 Å². The standard InChI is InChI=1S/C15H15NO.CH5N/c1-2-9-16-15(8-1)14-6-3-5-12-11-17-10-4-7-13(12)14;1-2/h1-3,5-6,8-9H,4,7,10-11H2;2H2,1H3. The number of ether oxygens (including phenoxy) is 1. The van der Waals surface area contributed by atoms with Crippen LogP contribution in [0, 0.1) is 0 Å². The lowest BCUT2D eigenvalue weighted by Gasteiger charge is -2.11. The van der Waals surface area contributed by atoms with Crippen LogP contribution in [-0.4, -0.2) is 18.6 Å². The van der Waals surface area contributed by atoms with Crippen LogP contribution >= 0.6 is 0 Å². The third kappa shape index (κ3) is 3.19. The fourth-order valence-electron chi connectivity index (χ4n) is 2.36. The van der Waals surface area contributed by atoms with Crippen LogP contribution in [0.2, 0.25) is 0 Å². The highest BCUT2D eigenvalue weighted by molar-refractivity contribution is 5.65. The Morgan fingerprint density at radius 1 is 1.11 bits per heavy atom. The number of benzene rings is 1. The van der Waals surface area contributed by atoms with Gasteiger partial charge in [0.1, 0.15) is 0 Å². The molecule has 1 aromatic heterocycles. The normalized spacial score (nSPS) is 13.8. The number of fused-ring (bicyclic) bond motifs is 1. The van der Waals surface area contributed by atoms with Crippen LogP contribution in [-0.2, 0) is 17.8 Å². The van der Waals surface area contributed by atoms with Gasteiger partial charge in [-0.1, -0.05) is 24.3 Å². The number of hydrogen-bond donors (Lipinski definition) is 1. The van der Waals surface area contributed by atoms with Crippen molar-refractivity contribution in [1.82, 2.24) is 4.98 Å². The summed E-state index contributed by atoms with van der Waals surface area (Å²) in [6, 6.07) is 12.5. The van der Waals surface area contributed by atoms with E-state index in [1.54, 1.807) is 0 Å². The van der Waals surface area contributed by atoms with Crippen molar-refractivity contribution in [3.05, 3.63) is 53.7 Å². The summed E-state index contributed by atoms with van der Waals surface area (Å²) in [4.78, 5) is 4.45. The van der Waals surface area contributed by atoms with E-state index in [-0.39, 0.29) is 0 Å². The molecule has 100 valence electrons. The SMILES string of the molecule is CN.c1ccc(-c2cccc3c2CCCOC3)nc1. The molecule has 0 atom stereocenters. The summed E-state index contributed by atoms with van der Waals surface area (Å²) in [5, 5.41) is 0. The molecule has 3 nitrogen and oxygen atoms in total. The summed E-state index contributed by atoms with van der Waals surface area (Å²) in [6.07, 6.45) is 4.03. The zero-order valence-electron chi connectivity index (χ0n) is 11.3. The molecule has 0 radical (unpaired) electrons. The number of rotatable bonds is 1. The maximum Gasteiger partial charge on any atom is 0.0719 e. The molecule has 3 rings (SSSR count). The van der Waals surface area contributed by atoms with E-state index in [9.17, 15) is 0 Å². The zero-order chi connectivity index (χ0) is 13.5. The second-order valence-corrected chi connectivity index (χ2v) is 4.31. The molecule has 0 saturated carbocycles. The molecule has 1 aromatic carbocycles. The van der Waals surface area contributed by atoms with Gasteiger partial charge in [-0.2, -0.15) is 0 Å². The van der Waals surface area contributed by atoms with Crippen molar-refractivity contribution < 1.29 is 4.74 Å². The Morgan fingerprint density at radius 3 is 2.79 bits per heavy atom. The molecule has 0 aliphatic carbocycles. The summed E-state index contributed by atoms with van der Waals surface area (Å²) in [5.41, 5.74) is 9.54. The van der Waals surface area contributed by atoms with Crippen molar-refractivity contribution >= 4 is 0 Å². The molecule has 0 unspecified atom stereocenters. The first-order valence-electron chi connectivity index (χ1n) is 6.63. The first-order chi connectivity index (χ1) is 9.45. The number of hydrogen-bond acceptors (Lipinski definition) is 3. The smallest absolute Gasteiger partial charge is 0.0719 e. The van der Waals surface area contributed by atoms with Gasteiger partial charge in [-0.3, -0.25) is 4.98 Å². The average molecular weight is 256 g/mol. The quantitative estimate of drug-likeness (QED) is 0.853. The van der Waals surface area contributed by atoms with Crippen LogP contribution in [0.5, 0.6) is 0 Å². The second-order valence-electron chi connectivity index (χ2n) is 4.31. The lowest BCUT2D eigenvalue weighted by molar-refractivity contribution is 0.125. The number of aromatic nitrogens is 1. The molecule has 2 aromatic rings. The molecule has 2 N–H and O–H groups in total.